The maximum Gasteiger partial charge on any atom is 0.329 e. The minimum Gasteiger partial charge on any atom is -0.496 e. The van der Waals surface area contributed by atoms with Crippen LogP contribution in [0.4, 0.5) is 5.69 Å². The van der Waals surface area contributed by atoms with Crippen LogP contribution in [0.15, 0.2) is 53.6 Å². The third kappa shape index (κ3) is 6.15. The van der Waals surface area contributed by atoms with Crippen molar-refractivity contribution >= 4 is 29.6 Å². The van der Waals surface area contributed by atoms with E-state index in [2.05, 4.69) is 21.2 Å². The van der Waals surface area contributed by atoms with E-state index >= 15 is 0 Å². The van der Waals surface area contributed by atoms with E-state index in [9.17, 15) is 14.4 Å². The van der Waals surface area contributed by atoms with Crippen LogP contribution < -0.4 is 20.8 Å². The zero-order valence-electron chi connectivity index (χ0n) is 17.4. The summed E-state index contributed by atoms with van der Waals surface area (Å²) in [5.74, 6) is -1.55. The van der Waals surface area contributed by atoms with Crippen molar-refractivity contribution < 1.29 is 19.1 Å². The molecule has 3 rings (SSSR count). The summed E-state index contributed by atoms with van der Waals surface area (Å²) in [6.07, 6.45) is 6.67. The molecule has 0 saturated heterocycles. The van der Waals surface area contributed by atoms with Crippen molar-refractivity contribution in [3.05, 3.63) is 59.7 Å². The Morgan fingerprint density at radius 1 is 0.968 bits per heavy atom. The molecule has 2 aromatic carbocycles. The number of hydrazone groups is 1. The Morgan fingerprint density at radius 3 is 2.45 bits per heavy atom. The Kier molecular flexibility index (Phi) is 7.75. The third-order valence-electron chi connectivity index (χ3n) is 5.08. The van der Waals surface area contributed by atoms with Crippen LogP contribution in [0, 0.1) is 0 Å². The van der Waals surface area contributed by atoms with Gasteiger partial charge >= 0.3 is 11.8 Å². The summed E-state index contributed by atoms with van der Waals surface area (Å²) in [5, 5.41) is 9.31. The molecule has 0 unspecified atom stereocenters. The van der Waals surface area contributed by atoms with Crippen molar-refractivity contribution in [2.45, 2.75) is 38.1 Å². The molecule has 0 spiro atoms. The van der Waals surface area contributed by atoms with E-state index in [0.717, 1.165) is 25.7 Å². The van der Waals surface area contributed by atoms with E-state index in [0.29, 0.717) is 16.9 Å². The van der Waals surface area contributed by atoms with Gasteiger partial charge in [-0.05, 0) is 37.1 Å². The van der Waals surface area contributed by atoms with Crippen LogP contribution in [0.2, 0.25) is 0 Å². The largest absolute Gasteiger partial charge is 0.496 e. The van der Waals surface area contributed by atoms with Gasteiger partial charge in [0, 0.05) is 11.6 Å². The Hall–Kier alpha value is -3.68. The number of rotatable bonds is 6. The van der Waals surface area contributed by atoms with E-state index in [1.165, 1.54) is 19.7 Å². The number of benzene rings is 2. The molecule has 162 valence electrons. The van der Waals surface area contributed by atoms with E-state index in [-0.39, 0.29) is 17.6 Å². The molecule has 3 N–H and O–H groups in total. The predicted octanol–water partition coefficient (Wildman–Crippen LogP) is 2.85. The first-order valence-electron chi connectivity index (χ1n) is 10.3. The SMILES string of the molecule is COc1ccccc1/C=N/NC(=O)C(=O)Nc1ccccc1C(=O)NC1CCCCC1. The van der Waals surface area contributed by atoms with Crippen LogP contribution in [-0.4, -0.2) is 37.1 Å². The van der Waals surface area contributed by atoms with Crippen LogP contribution in [0.5, 0.6) is 5.75 Å². The van der Waals surface area contributed by atoms with Gasteiger partial charge in [0.1, 0.15) is 5.75 Å². The number of methoxy groups -OCH3 is 1. The molecule has 1 saturated carbocycles. The summed E-state index contributed by atoms with van der Waals surface area (Å²) in [6, 6.07) is 13.9. The van der Waals surface area contributed by atoms with Gasteiger partial charge in [-0.3, -0.25) is 14.4 Å². The van der Waals surface area contributed by atoms with Gasteiger partial charge in [0.05, 0.1) is 24.6 Å². The standard InChI is InChI=1S/C23H26N4O4/c1-31-20-14-8-5-9-16(20)15-24-27-23(30)22(29)26-19-13-7-6-12-18(19)21(28)25-17-10-3-2-4-11-17/h5-9,12-15,17H,2-4,10-11H2,1H3,(H,25,28)(H,26,29)(H,27,30)/b24-15+. The van der Waals surface area contributed by atoms with Crippen LogP contribution in [-0.2, 0) is 9.59 Å². The highest BCUT2D eigenvalue weighted by Crippen LogP contribution is 2.20. The zero-order valence-corrected chi connectivity index (χ0v) is 17.4. The maximum absolute atomic E-state index is 12.7. The first kappa shape index (κ1) is 22.0. The highest BCUT2D eigenvalue weighted by atomic mass is 16.5. The fourth-order valence-corrected chi connectivity index (χ4v) is 3.46. The van der Waals surface area contributed by atoms with Crippen LogP contribution in [0.25, 0.3) is 0 Å². The average molecular weight is 422 g/mol. The molecule has 2 aromatic rings. The first-order chi connectivity index (χ1) is 15.1. The van der Waals surface area contributed by atoms with E-state index in [1.54, 1.807) is 42.5 Å². The molecule has 1 aliphatic rings. The van der Waals surface area contributed by atoms with Crippen molar-refractivity contribution in [1.82, 2.24) is 10.7 Å². The monoisotopic (exact) mass is 422 g/mol. The van der Waals surface area contributed by atoms with Gasteiger partial charge in [-0.15, -0.1) is 0 Å². The summed E-state index contributed by atoms with van der Waals surface area (Å²) >= 11 is 0. The van der Waals surface area contributed by atoms with Gasteiger partial charge in [0.25, 0.3) is 5.91 Å². The average Bonchev–Trinajstić information content (AvgIpc) is 2.80. The third-order valence-corrected chi connectivity index (χ3v) is 5.08. The van der Waals surface area contributed by atoms with Gasteiger partial charge in [-0.1, -0.05) is 43.5 Å². The lowest BCUT2D eigenvalue weighted by atomic mass is 9.95. The van der Waals surface area contributed by atoms with Crippen LogP contribution in [0.1, 0.15) is 48.0 Å². The highest BCUT2D eigenvalue weighted by Gasteiger charge is 2.20. The summed E-state index contributed by atoms with van der Waals surface area (Å²) in [7, 11) is 1.53. The fraction of sp³-hybridized carbons (Fsp3) is 0.304. The Labute approximate surface area is 181 Å². The Balaban J connectivity index is 1.60. The summed E-state index contributed by atoms with van der Waals surface area (Å²) in [5.41, 5.74) is 3.41. The lowest BCUT2D eigenvalue weighted by molar-refractivity contribution is -0.136. The van der Waals surface area contributed by atoms with Crippen LogP contribution in [0.3, 0.4) is 0 Å². The van der Waals surface area contributed by atoms with E-state index < -0.39 is 11.8 Å². The van der Waals surface area contributed by atoms with E-state index in [1.807, 2.05) is 6.07 Å². The number of nitrogens with zero attached hydrogens (tertiary/aromatic N) is 1. The predicted molar refractivity (Wildman–Crippen MR) is 118 cm³/mol. The zero-order chi connectivity index (χ0) is 22.1. The molecular weight excluding hydrogens is 396 g/mol. The van der Waals surface area contributed by atoms with E-state index in [4.69, 9.17) is 4.74 Å². The maximum atomic E-state index is 12.7. The second kappa shape index (κ2) is 10.9. The number of carbonyl (C=O) groups excluding carboxylic acids is 3. The smallest absolute Gasteiger partial charge is 0.329 e. The van der Waals surface area contributed by atoms with Gasteiger partial charge in [-0.2, -0.15) is 5.10 Å². The van der Waals surface area contributed by atoms with Crippen molar-refractivity contribution in [2.24, 2.45) is 5.10 Å². The van der Waals surface area contributed by atoms with Gasteiger partial charge < -0.3 is 15.4 Å². The lowest BCUT2D eigenvalue weighted by Crippen LogP contribution is -2.37. The summed E-state index contributed by atoms with van der Waals surface area (Å²) < 4.78 is 5.20. The molecule has 0 aromatic heterocycles. The first-order valence-corrected chi connectivity index (χ1v) is 10.3. The van der Waals surface area contributed by atoms with Crippen molar-refractivity contribution in [3.8, 4) is 5.75 Å². The second-order valence-corrected chi connectivity index (χ2v) is 7.25. The van der Waals surface area contributed by atoms with Crippen LogP contribution >= 0.6 is 0 Å². The normalized spacial score (nSPS) is 14.1. The second-order valence-electron chi connectivity index (χ2n) is 7.25. The number of carbonyl (C=O) groups is 3. The van der Waals surface area contributed by atoms with Gasteiger partial charge in [-0.25, -0.2) is 5.43 Å². The summed E-state index contributed by atoms with van der Waals surface area (Å²) in [4.78, 5) is 37.1. The Morgan fingerprint density at radius 2 is 1.68 bits per heavy atom. The molecule has 0 atom stereocenters. The summed E-state index contributed by atoms with van der Waals surface area (Å²) in [6.45, 7) is 0. The molecule has 0 aliphatic heterocycles. The number of hydrogen-bond donors (Lipinski definition) is 3. The number of nitrogens with one attached hydrogen (secondary N) is 3. The van der Waals surface area contributed by atoms with Crippen molar-refractivity contribution in [3.63, 3.8) is 0 Å². The topological polar surface area (TPSA) is 109 Å². The van der Waals surface area contributed by atoms with Crippen molar-refractivity contribution in [1.29, 1.82) is 0 Å². The molecule has 0 bridgehead atoms. The minimum absolute atomic E-state index is 0.137. The molecule has 1 aliphatic carbocycles. The lowest BCUT2D eigenvalue weighted by Gasteiger charge is -2.23. The fourth-order valence-electron chi connectivity index (χ4n) is 3.46. The molecule has 8 heteroatoms. The number of ether oxygens (including phenoxy) is 1. The number of hydrogen-bond acceptors (Lipinski definition) is 5. The molecular formula is C23H26N4O4. The number of anilines is 1. The molecule has 31 heavy (non-hydrogen) atoms. The number of amides is 3. The molecule has 1 fully saturated rings. The molecule has 3 amide bonds. The quantitative estimate of drug-likeness (QED) is 0.378. The molecule has 8 nitrogen and oxygen atoms in total. The number of para-hydroxylation sites is 2. The molecule has 0 radical (unpaired) electrons. The highest BCUT2D eigenvalue weighted by molar-refractivity contribution is 6.40. The van der Waals surface area contributed by atoms with Gasteiger partial charge in [0.15, 0.2) is 0 Å². The van der Waals surface area contributed by atoms with Crippen molar-refractivity contribution in [2.75, 3.05) is 12.4 Å². The minimum atomic E-state index is -0.950. The Bertz CT molecular complexity index is 968. The van der Waals surface area contributed by atoms with Gasteiger partial charge in [0.2, 0.25) is 0 Å². The molecule has 0 heterocycles.